The summed E-state index contributed by atoms with van der Waals surface area (Å²) < 4.78 is 0. The van der Waals surface area contributed by atoms with Gasteiger partial charge >= 0.3 is 0 Å². The number of hydrogen-bond donors (Lipinski definition) is 2. The first kappa shape index (κ1) is 13.5. The molecular weight excluding hydrogens is 260 g/mol. The van der Waals surface area contributed by atoms with Crippen molar-refractivity contribution in [3.63, 3.8) is 0 Å². The Morgan fingerprint density at radius 2 is 2.26 bits per heavy atom. The van der Waals surface area contributed by atoms with Crippen molar-refractivity contribution >= 4 is 23.1 Å². The Bertz CT molecular complexity index is 524. The third-order valence-corrected chi connectivity index (χ3v) is 3.73. The number of aromatic nitrogens is 2. The number of nitrogens with zero attached hydrogens (tertiary/aromatic N) is 2. The molecule has 0 aliphatic heterocycles. The summed E-state index contributed by atoms with van der Waals surface area (Å²) in [7, 11) is 1.79. The number of thiazole rings is 1. The van der Waals surface area contributed by atoms with E-state index in [1.54, 1.807) is 42.9 Å². The highest BCUT2D eigenvalue weighted by Crippen LogP contribution is 2.16. The number of hydrogen-bond acceptors (Lipinski definition) is 5. The second kappa shape index (κ2) is 6.29. The van der Waals surface area contributed by atoms with Gasteiger partial charge in [-0.25, -0.2) is 9.97 Å². The molecule has 0 radical (unpaired) electrons. The molecule has 6 heteroatoms. The van der Waals surface area contributed by atoms with Crippen LogP contribution in [0.15, 0.2) is 29.9 Å². The lowest BCUT2D eigenvalue weighted by atomic mass is 10.2. The Morgan fingerprint density at radius 3 is 2.84 bits per heavy atom. The molecule has 19 heavy (non-hydrogen) atoms. The van der Waals surface area contributed by atoms with Crippen molar-refractivity contribution in [2.75, 3.05) is 18.9 Å². The van der Waals surface area contributed by atoms with Crippen molar-refractivity contribution in [3.05, 3.63) is 40.5 Å². The molecule has 0 saturated carbocycles. The molecule has 100 valence electrons. The number of anilines is 1. The van der Waals surface area contributed by atoms with Crippen LogP contribution in [0.5, 0.6) is 0 Å². The van der Waals surface area contributed by atoms with E-state index in [1.165, 1.54) is 0 Å². The molecule has 0 saturated heterocycles. The van der Waals surface area contributed by atoms with Gasteiger partial charge in [0.1, 0.15) is 5.82 Å². The van der Waals surface area contributed by atoms with Gasteiger partial charge in [-0.15, -0.1) is 11.3 Å². The smallest absolute Gasteiger partial charge is 0.252 e. The highest BCUT2D eigenvalue weighted by molar-refractivity contribution is 7.09. The molecule has 1 unspecified atom stereocenters. The molecule has 2 heterocycles. The van der Waals surface area contributed by atoms with E-state index in [4.69, 9.17) is 0 Å². The molecule has 1 amide bonds. The van der Waals surface area contributed by atoms with Crippen LogP contribution in [0.1, 0.15) is 28.2 Å². The van der Waals surface area contributed by atoms with E-state index >= 15 is 0 Å². The lowest BCUT2D eigenvalue weighted by molar-refractivity contribution is 0.0951. The van der Waals surface area contributed by atoms with Crippen LogP contribution >= 0.6 is 11.3 Å². The topological polar surface area (TPSA) is 66.9 Å². The molecule has 1 atom stereocenters. The standard InChI is InChI=1S/C13H16N4OS/c1-9(13-15-5-6-19-13)7-17-12(18)10-3-4-11(14-2)16-8-10/h3-6,8-9H,7H2,1-2H3,(H,14,16)(H,17,18). The molecule has 0 aliphatic rings. The number of carbonyl (C=O) groups is 1. The first-order chi connectivity index (χ1) is 9.20. The maximum Gasteiger partial charge on any atom is 0.252 e. The molecule has 0 fully saturated rings. The fraction of sp³-hybridized carbons (Fsp3) is 0.308. The second-order valence-corrected chi connectivity index (χ2v) is 5.09. The zero-order valence-corrected chi connectivity index (χ0v) is 11.7. The van der Waals surface area contributed by atoms with Crippen molar-refractivity contribution in [1.29, 1.82) is 0 Å². The summed E-state index contributed by atoms with van der Waals surface area (Å²) in [6.45, 7) is 2.61. The maximum absolute atomic E-state index is 11.9. The van der Waals surface area contributed by atoms with Gasteiger partial charge in [0.15, 0.2) is 0 Å². The Kier molecular flexibility index (Phi) is 4.46. The summed E-state index contributed by atoms with van der Waals surface area (Å²) in [6, 6.07) is 3.53. The third-order valence-electron chi connectivity index (χ3n) is 2.72. The van der Waals surface area contributed by atoms with E-state index in [9.17, 15) is 4.79 Å². The van der Waals surface area contributed by atoms with Crippen LogP contribution in [0.2, 0.25) is 0 Å². The highest BCUT2D eigenvalue weighted by atomic mass is 32.1. The van der Waals surface area contributed by atoms with Gasteiger partial charge in [-0.05, 0) is 12.1 Å². The fourth-order valence-corrected chi connectivity index (χ4v) is 2.29. The average Bonchev–Trinajstić information content (AvgIpc) is 2.98. The average molecular weight is 276 g/mol. The fourth-order valence-electron chi connectivity index (χ4n) is 1.59. The Balaban J connectivity index is 1.90. The second-order valence-electron chi connectivity index (χ2n) is 4.16. The van der Waals surface area contributed by atoms with Gasteiger partial charge in [-0.2, -0.15) is 0 Å². The normalized spacial score (nSPS) is 11.9. The Hall–Kier alpha value is -1.95. The van der Waals surface area contributed by atoms with E-state index in [1.807, 2.05) is 12.3 Å². The van der Waals surface area contributed by atoms with Gasteiger partial charge in [-0.3, -0.25) is 4.79 Å². The van der Waals surface area contributed by atoms with Crippen molar-refractivity contribution in [3.8, 4) is 0 Å². The summed E-state index contributed by atoms with van der Waals surface area (Å²) in [5.74, 6) is 0.847. The third kappa shape index (κ3) is 3.51. The van der Waals surface area contributed by atoms with Gasteiger partial charge in [0, 0.05) is 37.3 Å². The summed E-state index contributed by atoms with van der Waals surface area (Å²) >= 11 is 1.60. The monoisotopic (exact) mass is 276 g/mol. The van der Waals surface area contributed by atoms with Crippen LogP contribution in [0.25, 0.3) is 0 Å². The van der Waals surface area contributed by atoms with Crippen LogP contribution in [0, 0.1) is 0 Å². The van der Waals surface area contributed by atoms with Crippen LogP contribution < -0.4 is 10.6 Å². The van der Waals surface area contributed by atoms with E-state index < -0.39 is 0 Å². The molecule has 0 bridgehead atoms. The first-order valence-corrected chi connectivity index (χ1v) is 6.90. The Labute approximate surface area is 116 Å². The van der Waals surface area contributed by atoms with E-state index in [2.05, 4.69) is 20.6 Å². The van der Waals surface area contributed by atoms with Crippen molar-refractivity contribution < 1.29 is 4.79 Å². The summed E-state index contributed by atoms with van der Waals surface area (Å²) in [4.78, 5) is 20.3. The minimum Gasteiger partial charge on any atom is -0.373 e. The zero-order chi connectivity index (χ0) is 13.7. The van der Waals surface area contributed by atoms with E-state index in [0.29, 0.717) is 12.1 Å². The van der Waals surface area contributed by atoms with Crippen LogP contribution in [0.4, 0.5) is 5.82 Å². The molecule has 5 nitrogen and oxygen atoms in total. The lowest BCUT2D eigenvalue weighted by Gasteiger charge is -2.10. The van der Waals surface area contributed by atoms with Crippen LogP contribution in [-0.2, 0) is 0 Å². The molecule has 0 spiro atoms. The van der Waals surface area contributed by atoms with Crippen LogP contribution in [0.3, 0.4) is 0 Å². The summed E-state index contributed by atoms with van der Waals surface area (Å²) in [5, 5.41) is 8.77. The van der Waals surface area contributed by atoms with Gasteiger partial charge in [-0.1, -0.05) is 6.92 Å². The molecule has 2 rings (SSSR count). The predicted octanol–water partition coefficient (Wildman–Crippen LogP) is 2.11. The summed E-state index contributed by atoms with van der Waals surface area (Å²) in [6.07, 6.45) is 3.34. The maximum atomic E-state index is 11.9. The van der Waals surface area contributed by atoms with Gasteiger partial charge < -0.3 is 10.6 Å². The lowest BCUT2D eigenvalue weighted by Crippen LogP contribution is -2.27. The molecule has 0 aliphatic carbocycles. The summed E-state index contributed by atoms with van der Waals surface area (Å²) in [5.41, 5.74) is 0.560. The van der Waals surface area contributed by atoms with Crippen LogP contribution in [-0.4, -0.2) is 29.5 Å². The highest BCUT2D eigenvalue weighted by Gasteiger charge is 2.11. The number of nitrogens with one attached hydrogen (secondary N) is 2. The number of pyridine rings is 1. The van der Waals surface area contributed by atoms with Gasteiger partial charge in [0.2, 0.25) is 0 Å². The minimum atomic E-state index is -0.112. The van der Waals surface area contributed by atoms with Gasteiger partial charge in [0.25, 0.3) is 5.91 Å². The Morgan fingerprint density at radius 1 is 1.42 bits per heavy atom. The quantitative estimate of drug-likeness (QED) is 0.877. The molecule has 2 N–H and O–H groups in total. The first-order valence-electron chi connectivity index (χ1n) is 6.02. The number of amides is 1. The molecular formula is C13H16N4OS. The van der Waals surface area contributed by atoms with Crippen molar-refractivity contribution in [2.45, 2.75) is 12.8 Å². The molecule has 2 aromatic heterocycles. The SMILES string of the molecule is CNc1ccc(C(=O)NCC(C)c2nccs2)cn1. The zero-order valence-electron chi connectivity index (χ0n) is 10.9. The van der Waals surface area contributed by atoms with Gasteiger partial charge in [0.05, 0.1) is 10.6 Å². The molecule has 2 aromatic rings. The predicted molar refractivity (Wildman–Crippen MR) is 76.6 cm³/mol. The largest absolute Gasteiger partial charge is 0.373 e. The number of rotatable bonds is 5. The minimum absolute atomic E-state index is 0.112. The van der Waals surface area contributed by atoms with E-state index in [-0.39, 0.29) is 11.8 Å². The van der Waals surface area contributed by atoms with Crippen molar-refractivity contribution in [2.24, 2.45) is 0 Å². The van der Waals surface area contributed by atoms with Crippen molar-refractivity contribution in [1.82, 2.24) is 15.3 Å². The van der Waals surface area contributed by atoms with E-state index in [0.717, 1.165) is 10.8 Å². The molecule has 0 aromatic carbocycles. The number of carbonyl (C=O) groups excluding carboxylic acids is 1.